The van der Waals surface area contributed by atoms with Gasteiger partial charge in [-0.05, 0) is 138 Å². The minimum Gasteiger partial charge on any atom is -0.311 e. The number of fused-ring (bicyclic) bond motifs is 7. The van der Waals surface area contributed by atoms with E-state index in [9.17, 15) is 0 Å². The van der Waals surface area contributed by atoms with E-state index in [-0.39, 0.29) is 39.2 Å². The number of thiophene rings is 1. The highest BCUT2D eigenvalue weighted by Crippen LogP contribution is 2.52. The summed E-state index contributed by atoms with van der Waals surface area (Å²) in [5.41, 5.74) is 19.3. The fourth-order valence-electron chi connectivity index (χ4n) is 10.2. The molecule has 9 rings (SSSR count). The van der Waals surface area contributed by atoms with Crippen molar-refractivity contribution in [1.82, 2.24) is 0 Å². The van der Waals surface area contributed by atoms with Gasteiger partial charge in [0.25, 0.3) is 6.71 Å². The monoisotopic (exact) mass is 811 g/mol. The maximum absolute atomic E-state index is 2.70. The molecule has 2 nitrogen and oxygen atoms in total. The van der Waals surface area contributed by atoms with Crippen LogP contribution in [0.25, 0.3) is 10.1 Å². The standard InChI is InChI=1S/C56H67BN2S/c1-51(2,3)34-17-21-38(22-18-34)58-44-26-20-35(52(4,5)6)29-43(44)57-48-45(58)30-37(54(10,11)12)31-46(48)59(39-23-25-41-42(33-39)56(15,16)28-27-55(41,13)14)49-40-24-19-36(53(7,8)9)32-47(40)60-50(49)57/h17-26,29-33H,27-28H2,1-16H3. The quantitative estimate of drug-likeness (QED) is 0.161. The van der Waals surface area contributed by atoms with Gasteiger partial charge in [-0.25, -0.2) is 0 Å². The van der Waals surface area contributed by atoms with Gasteiger partial charge in [0, 0.05) is 43.3 Å². The van der Waals surface area contributed by atoms with Gasteiger partial charge in [-0.3, -0.25) is 0 Å². The van der Waals surface area contributed by atoms with Crippen LogP contribution in [0.4, 0.5) is 34.1 Å². The number of benzene rings is 5. The Morgan fingerprint density at radius 3 is 1.60 bits per heavy atom. The van der Waals surface area contributed by atoms with Gasteiger partial charge in [0.15, 0.2) is 0 Å². The molecule has 2 aliphatic heterocycles. The number of hydrogen-bond acceptors (Lipinski definition) is 3. The van der Waals surface area contributed by atoms with Crippen LogP contribution in [-0.2, 0) is 32.5 Å². The summed E-state index contributed by atoms with van der Waals surface area (Å²) >= 11 is 2.02. The van der Waals surface area contributed by atoms with E-state index in [2.05, 4.69) is 212 Å². The molecule has 0 bridgehead atoms. The van der Waals surface area contributed by atoms with Crippen LogP contribution >= 0.6 is 11.3 Å². The molecule has 6 aromatic rings. The first-order valence-corrected chi connectivity index (χ1v) is 23.3. The van der Waals surface area contributed by atoms with E-state index < -0.39 is 0 Å². The third-order valence-electron chi connectivity index (χ3n) is 14.3. The predicted octanol–water partition coefficient (Wildman–Crippen LogP) is 14.5. The second-order valence-electron chi connectivity index (χ2n) is 23.9. The van der Waals surface area contributed by atoms with E-state index in [0.29, 0.717) is 0 Å². The minimum atomic E-state index is -0.0781. The average Bonchev–Trinajstić information content (AvgIpc) is 3.53. The lowest BCUT2D eigenvalue weighted by Crippen LogP contribution is -2.60. The largest absolute Gasteiger partial charge is 0.311 e. The molecule has 310 valence electrons. The van der Waals surface area contributed by atoms with E-state index >= 15 is 0 Å². The third kappa shape index (κ3) is 6.49. The van der Waals surface area contributed by atoms with Crippen LogP contribution in [0.3, 0.4) is 0 Å². The fraction of sp³-hybridized carbons (Fsp3) is 0.429. The molecular weight excluding hydrogens is 744 g/mol. The van der Waals surface area contributed by atoms with Gasteiger partial charge in [-0.2, -0.15) is 0 Å². The SMILES string of the molecule is CC(C)(C)c1ccc(N2c3ccc(C(C)(C)C)cc3B3c4sc5cc(C(C)(C)C)ccc5c4N(c4ccc5c(c4)C(C)(C)CCC5(C)C)c4cc(C(C)(C)C)cc2c43)cc1. The molecule has 0 atom stereocenters. The van der Waals surface area contributed by atoms with Crippen LogP contribution < -0.4 is 25.5 Å². The summed E-state index contributed by atoms with van der Waals surface area (Å²) in [4.78, 5) is 5.30. The Kier molecular flexibility index (Phi) is 8.99. The topological polar surface area (TPSA) is 6.48 Å². The second-order valence-corrected chi connectivity index (χ2v) is 25.0. The Morgan fingerprint density at radius 1 is 0.483 bits per heavy atom. The first-order chi connectivity index (χ1) is 27.8. The van der Waals surface area contributed by atoms with Crippen LogP contribution in [0.1, 0.15) is 157 Å². The first kappa shape index (κ1) is 41.1. The van der Waals surface area contributed by atoms with Crippen LogP contribution in [0, 0.1) is 0 Å². The smallest absolute Gasteiger partial charge is 0.264 e. The summed E-state index contributed by atoms with van der Waals surface area (Å²) in [5, 5.41) is 1.35. The molecule has 0 N–H and O–H groups in total. The molecule has 0 saturated heterocycles. The molecule has 0 spiro atoms. The zero-order valence-electron chi connectivity index (χ0n) is 39.5. The van der Waals surface area contributed by atoms with Crippen LogP contribution in [0.5, 0.6) is 0 Å². The van der Waals surface area contributed by atoms with Gasteiger partial charge < -0.3 is 9.80 Å². The van der Waals surface area contributed by atoms with E-state index in [0.717, 1.165) is 0 Å². The van der Waals surface area contributed by atoms with E-state index in [1.807, 2.05) is 11.3 Å². The Labute approximate surface area is 366 Å². The van der Waals surface area contributed by atoms with Crippen molar-refractivity contribution >= 4 is 78.0 Å². The van der Waals surface area contributed by atoms with E-state index in [4.69, 9.17) is 0 Å². The maximum Gasteiger partial charge on any atom is 0.264 e. The Hall–Kier alpha value is -4.28. The van der Waals surface area contributed by atoms with Crippen LogP contribution in [-0.4, -0.2) is 6.71 Å². The summed E-state index contributed by atoms with van der Waals surface area (Å²) in [7, 11) is 0. The Morgan fingerprint density at radius 2 is 1.00 bits per heavy atom. The van der Waals surface area contributed by atoms with Gasteiger partial charge in [0.05, 0.1) is 5.69 Å². The maximum atomic E-state index is 2.70. The summed E-state index contributed by atoms with van der Waals surface area (Å²) in [6, 6.07) is 36.8. The lowest BCUT2D eigenvalue weighted by molar-refractivity contribution is 0.332. The molecule has 0 radical (unpaired) electrons. The molecule has 0 unspecified atom stereocenters. The molecule has 4 heteroatoms. The Balaban J connectivity index is 1.42. The van der Waals surface area contributed by atoms with Crippen molar-refractivity contribution in [3.05, 3.63) is 124 Å². The van der Waals surface area contributed by atoms with Crippen molar-refractivity contribution in [2.45, 2.75) is 156 Å². The summed E-state index contributed by atoms with van der Waals surface area (Å²) < 4.78 is 2.82. The van der Waals surface area contributed by atoms with Crippen molar-refractivity contribution in [1.29, 1.82) is 0 Å². The molecule has 3 heterocycles. The zero-order valence-corrected chi connectivity index (χ0v) is 40.3. The molecule has 5 aromatic carbocycles. The number of anilines is 6. The molecule has 0 fully saturated rings. The minimum absolute atomic E-state index is 0.00241. The average molecular weight is 811 g/mol. The second kappa shape index (κ2) is 13.1. The van der Waals surface area contributed by atoms with E-state index in [1.54, 1.807) is 0 Å². The zero-order chi connectivity index (χ0) is 43.3. The number of rotatable bonds is 2. The van der Waals surface area contributed by atoms with Crippen LogP contribution in [0.2, 0.25) is 0 Å². The highest BCUT2D eigenvalue weighted by Gasteiger charge is 2.47. The van der Waals surface area contributed by atoms with E-state index in [1.165, 1.54) is 106 Å². The first-order valence-electron chi connectivity index (χ1n) is 22.5. The molecular formula is C56H67BN2S. The predicted molar refractivity (Wildman–Crippen MR) is 266 cm³/mol. The highest BCUT2D eigenvalue weighted by molar-refractivity contribution is 7.33. The fourth-order valence-corrected chi connectivity index (χ4v) is 11.6. The molecule has 3 aliphatic rings. The van der Waals surface area contributed by atoms with Crippen molar-refractivity contribution < 1.29 is 0 Å². The molecule has 60 heavy (non-hydrogen) atoms. The van der Waals surface area contributed by atoms with Gasteiger partial charge >= 0.3 is 0 Å². The lowest BCUT2D eigenvalue weighted by Gasteiger charge is -2.45. The number of nitrogens with zero attached hydrogens (tertiary/aromatic N) is 2. The van der Waals surface area contributed by atoms with Gasteiger partial charge in [-0.15, -0.1) is 11.3 Å². The van der Waals surface area contributed by atoms with Gasteiger partial charge in [0.1, 0.15) is 0 Å². The van der Waals surface area contributed by atoms with Crippen molar-refractivity contribution in [2.24, 2.45) is 0 Å². The Bertz CT molecular complexity index is 2700. The third-order valence-corrected chi connectivity index (χ3v) is 15.6. The van der Waals surface area contributed by atoms with Crippen molar-refractivity contribution in [3.63, 3.8) is 0 Å². The van der Waals surface area contributed by atoms with Gasteiger partial charge in [0.2, 0.25) is 0 Å². The number of hydrogen-bond donors (Lipinski definition) is 0. The summed E-state index contributed by atoms with van der Waals surface area (Å²) in [6.45, 7) is 38.1. The molecule has 0 saturated carbocycles. The summed E-state index contributed by atoms with van der Waals surface area (Å²) in [6.07, 6.45) is 2.39. The van der Waals surface area contributed by atoms with Crippen molar-refractivity contribution in [2.75, 3.05) is 9.80 Å². The molecule has 0 amide bonds. The highest BCUT2D eigenvalue weighted by atomic mass is 32.1. The lowest BCUT2D eigenvalue weighted by atomic mass is 9.36. The normalized spacial score (nSPS) is 17.0. The van der Waals surface area contributed by atoms with Gasteiger partial charge in [-0.1, -0.05) is 153 Å². The molecule has 1 aromatic heterocycles. The van der Waals surface area contributed by atoms with Crippen LogP contribution in [0.15, 0.2) is 91.0 Å². The summed E-state index contributed by atoms with van der Waals surface area (Å²) in [5.74, 6) is 0. The van der Waals surface area contributed by atoms with Crippen molar-refractivity contribution in [3.8, 4) is 0 Å². The molecule has 1 aliphatic carbocycles.